The second-order valence-corrected chi connectivity index (χ2v) is 6.42. The predicted octanol–water partition coefficient (Wildman–Crippen LogP) is 4.85. The van der Waals surface area contributed by atoms with Crippen LogP contribution in [0.2, 0.25) is 0 Å². The van der Waals surface area contributed by atoms with E-state index in [-0.39, 0.29) is 0 Å². The van der Waals surface area contributed by atoms with E-state index in [2.05, 4.69) is 97.0 Å². The number of rotatable bonds is 3. The standard InChI is InChI=1S/C19H20N2S/c1-20(2)16-11-8-15(9-12-16)10-13-17-14-22-19-7-5-4-6-18(19)21(17)3/h4-14H,1-3H3/b13-10+. The number of allylic oxidation sites excluding steroid dienone is 1. The van der Waals surface area contributed by atoms with E-state index in [1.165, 1.54) is 27.5 Å². The minimum atomic E-state index is 1.21. The summed E-state index contributed by atoms with van der Waals surface area (Å²) in [4.78, 5) is 5.65. The van der Waals surface area contributed by atoms with Crippen molar-refractivity contribution >= 4 is 29.2 Å². The number of likely N-dealkylation sites (N-methyl/N-ethyl adjacent to an activating group) is 1. The molecule has 0 aliphatic carbocycles. The van der Waals surface area contributed by atoms with Crippen molar-refractivity contribution in [1.82, 2.24) is 0 Å². The summed E-state index contributed by atoms with van der Waals surface area (Å²) in [5.74, 6) is 0. The zero-order valence-corrected chi connectivity index (χ0v) is 14.0. The van der Waals surface area contributed by atoms with Gasteiger partial charge in [-0.3, -0.25) is 0 Å². The van der Waals surface area contributed by atoms with Crippen LogP contribution in [0, 0.1) is 0 Å². The maximum atomic E-state index is 2.23. The Bertz CT molecular complexity index is 714. The second kappa shape index (κ2) is 6.32. The number of hydrogen-bond acceptors (Lipinski definition) is 3. The number of nitrogens with zero attached hydrogens (tertiary/aromatic N) is 2. The van der Waals surface area contributed by atoms with Crippen LogP contribution < -0.4 is 9.80 Å². The van der Waals surface area contributed by atoms with E-state index in [0.717, 1.165) is 0 Å². The van der Waals surface area contributed by atoms with Crippen molar-refractivity contribution in [2.45, 2.75) is 4.90 Å². The van der Waals surface area contributed by atoms with Gasteiger partial charge in [-0.25, -0.2) is 0 Å². The molecule has 1 aliphatic rings. The molecule has 0 amide bonds. The van der Waals surface area contributed by atoms with Gasteiger partial charge in [0.1, 0.15) is 0 Å². The number of benzene rings is 2. The summed E-state index contributed by atoms with van der Waals surface area (Å²) < 4.78 is 0. The van der Waals surface area contributed by atoms with E-state index in [9.17, 15) is 0 Å². The smallest absolute Gasteiger partial charge is 0.0549 e. The Morgan fingerprint density at radius 2 is 1.68 bits per heavy atom. The molecule has 1 aliphatic heterocycles. The third-order valence-electron chi connectivity index (χ3n) is 3.78. The van der Waals surface area contributed by atoms with Crippen LogP contribution in [0.4, 0.5) is 11.4 Å². The van der Waals surface area contributed by atoms with E-state index < -0.39 is 0 Å². The lowest BCUT2D eigenvalue weighted by Gasteiger charge is -2.26. The molecule has 0 atom stereocenters. The van der Waals surface area contributed by atoms with Gasteiger partial charge in [-0.1, -0.05) is 42.1 Å². The molecule has 0 aromatic heterocycles. The van der Waals surface area contributed by atoms with Crippen molar-refractivity contribution in [2.24, 2.45) is 0 Å². The minimum absolute atomic E-state index is 1.21. The normalized spacial score (nSPS) is 14.0. The number of fused-ring (bicyclic) bond motifs is 1. The minimum Gasteiger partial charge on any atom is -0.378 e. The summed E-state index contributed by atoms with van der Waals surface area (Å²) >= 11 is 1.78. The molecule has 0 fully saturated rings. The maximum Gasteiger partial charge on any atom is 0.0549 e. The van der Waals surface area contributed by atoms with Gasteiger partial charge in [0, 0.05) is 37.4 Å². The number of para-hydroxylation sites is 1. The predicted molar refractivity (Wildman–Crippen MR) is 98.6 cm³/mol. The Morgan fingerprint density at radius 3 is 2.41 bits per heavy atom. The van der Waals surface area contributed by atoms with Gasteiger partial charge >= 0.3 is 0 Å². The first-order valence-corrected chi connectivity index (χ1v) is 8.18. The van der Waals surface area contributed by atoms with Crippen LogP contribution in [0.15, 0.2) is 70.6 Å². The van der Waals surface area contributed by atoms with E-state index in [4.69, 9.17) is 0 Å². The van der Waals surface area contributed by atoms with Crippen molar-refractivity contribution in [2.75, 3.05) is 30.9 Å². The van der Waals surface area contributed by atoms with Gasteiger partial charge in [-0.2, -0.15) is 0 Å². The fraction of sp³-hybridized carbons (Fsp3) is 0.158. The molecule has 0 unspecified atom stereocenters. The summed E-state index contributed by atoms with van der Waals surface area (Å²) in [5, 5.41) is 2.20. The van der Waals surface area contributed by atoms with Crippen molar-refractivity contribution < 1.29 is 0 Å². The van der Waals surface area contributed by atoms with Gasteiger partial charge in [0.25, 0.3) is 0 Å². The molecule has 1 heterocycles. The fourth-order valence-electron chi connectivity index (χ4n) is 2.39. The summed E-state index contributed by atoms with van der Waals surface area (Å²) in [7, 11) is 6.23. The lowest BCUT2D eigenvalue weighted by molar-refractivity contribution is 1.10. The topological polar surface area (TPSA) is 6.48 Å². The molecule has 0 saturated heterocycles. The average molecular weight is 308 g/mol. The first-order chi connectivity index (χ1) is 10.6. The van der Waals surface area contributed by atoms with Crippen molar-refractivity contribution in [3.05, 3.63) is 71.3 Å². The molecule has 3 heteroatoms. The van der Waals surface area contributed by atoms with Crippen molar-refractivity contribution in [3.63, 3.8) is 0 Å². The van der Waals surface area contributed by atoms with Crippen molar-refractivity contribution in [1.29, 1.82) is 0 Å². The lowest BCUT2D eigenvalue weighted by Crippen LogP contribution is -2.17. The highest BCUT2D eigenvalue weighted by Crippen LogP contribution is 2.37. The van der Waals surface area contributed by atoms with Gasteiger partial charge in [0.2, 0.25) is 0 Å². The van der Waals surface area contributed by atoms with Gasteiger partial charge in [0.15, 0.2) is 0 Å². The van der Waals surface area contributed by atoms with Crippen LogP contribution in [0.5, 0.6) is 0 Å². The summed E-state index contributed by atoms with van der Waals surface area (Å²) in [5.41, 5.74) is 4.90. The number of hydrogen-bond donors (Lipinski definition) is 0. The highest BCUT2D eigenvalue weighted by Gasteiger charge is 2.14. The molecule has 112 valence electrons. The van der Waals surface area contributed by atoms with Crippen LogP contribution in [-0.2, 0) is 0 Å². The van der Waals surface area contributed by atoms with E-state index in [1.54, 1.807) is 11.8 Å². The Morgan fingerprint density at radius 1 is 0.955 bits per heavy atom. The molecule has 0 bridgehead atoms. The average Bonchev–Trinajstić information content (AvgIpc) is 2.55. The van der Waals surface area contributed by atoms with Crippen molar-refractivity contribution in [3.8, 4) is 0 Å². The first kappa shape index (κ1) is 14.8. The third kappa shape index (κ3) is 3.04. The Balaban J connectivity index is 1.77. The highest BCUT2D eigenvalue weighted by molar-refractivity contribution is 8.02. The van der Waals surface area contributed by atoms with Crippen LogP contribution >= 0.6 is 11.8 Å². The molecule has 0 N–H and O–H groups in total. The van der Waals surface area contributed by atoms with Gasteiger partial charge in [-0.15, -0.1) is 0 Å². The first-order valence-electron chi connectivity index (χ1n) is 7.30. The van der Waals surface area contributed by atoms with E-state index in [0.29, 0.717) is 0 Å². The summed E-state index contributed by atoms with van der Waals surface area (Å²) in [6, 6.07) is 17.1. The Hall–Kier alpha value is -2.13. The number of thioether (sulfide) groups is 1. The molecule has 2 nitrogen and oxygen atoms in total. The SMILES string of the molecule is CN(C)c1ccc(/C=C/C2=CSc3ccccc3N2C)cc1. The second-order valence-electron chi connectivity index (χ2n) is 5.51. The maximum absolute atomic E-state index is 2.23. The molecule has 0 radical (unpaired) electrons. The Kier molecular flexibility index (Phi) is 4.25. The van der Waals surface area contributed by atoms with Crippen LogP contribution in [0.1, 0.15) is 5.56 Å². The number of anilines is 2. The quantitative estimate of drug-likeness (QED) is 0.800. The molecular formula is C19H20N2S. The molecule has 0 saturated carbocycles. The monoisotopic (exact) mass is 308 g/mol. The third-order valence-corrected chi connectivity index (χ3v) is 4.74. The van der Waals surface area contributed by atoms with Gasteiger partial charge < -0.3 is 9.80 Å². The Labute approximate surface area is 136 Å². The summed E-state index contributed by atoms with van der Waals surface area (Å²) in [6.45, 7) is 0. The zero-order chi connectivity index (χ0) is 15.5. The molecular weight excluding hydrogens is 288 g/mol. The summed E-state index contributed by atoms with van der Waals surface area (Å²) in [6.07, 6.45) is 4.34. The van der Waals surface area contributed by atoms with E-state index >= 15 is 0 Å². The molecule has 3 rings (SSSR count). The lowest BCUT2D eigenvalue weighted by atomic mass is 10.1. The molecule has 2 aromatic carbocycles. The molecule has 2 aromatic rings. The van der Waals surface area contributed by atoms with Gasteiger partial charge in [0.05, 0.1) is 5.69 Å². The zero-order valence-electron chi connectivity index (χ0n) is 13.2. The molecule has 0 spiro atoms. The fourth-order valence-corrected chi connectivity index (χ4v) is 3.36. The molecule has 22 heavy (non-hydrogen) atoms. The van der Waals surface area contributed by atoms with E-state index in [1.807, 2.05) is 0 Å². The van der Waals surface area contributed by atoms with Crippen LogP contribution in [0.3, 0.4) is 0 Å². The van der Waals surface area contributed by atoms with Crippen LogP contribution in [0.25, 0.3) is 6.08 Å². The van der Waals surface area contributed by atoms with Crippen LogP contribution in [-0.4, -0.2) is 21.1 Å². The highest BCUT2D eigenvalue weighted by atomic mass is 32.2. The largest absolute Gasteiger partial charge is 0.378 e. The van der Waals surface area contributed by atoms with Gasteiger partial charge in [-0.05, 0) is 41.3 Å².